The van der Waals surface area contributed by atoms with Gasteiger partial charge in [-0.15, -0.1) is 0 Å². The van der Waals surface area contributed by atoms with E-state index in [0.29, 0.717) is 6.07 Å². The van der Waals surface area contributed by atoms with Gasteiger partial charge in [-0.05, 0) is 47.5 Å². The van der Waals surface area contributed by atoms with E-state index in [9.17, 15) is 31.9 Å². The molecule has 32 heavy (non-hydrogen) atoms. The number of hydrogen-bond acceptors (Lipinski definition) is 4. The van der Waals surface area contributed by atoms with E-state index in [1.54, 1.807) is 0 Å². The lowest BCUT2D eigenvalue weighted by Crippen LogP contribution is -2.15. The van der Waals surface area contributed by atoms with Crippen molar-refractivity contribution >= 4 is 12.0 Å². The van der Waals surface area contributed by atoms with Crippen LogP contribution in [0.3, 0.4) is 0 Å². The predicted octanol–water partition coefficient (Wildman–Crippen LogP) is 5.24. The van der Waals surface area contributed by atoms with E-state index in [1.165, 1.54) is 36.7 Å². The van der Waals surface area contributed by atoms with Crippen molar-refractivity contribution in [2.75, 3.05) is 0 Å². The van der Waals surface area contributed by atoms with Gasteiger partial charge in [-0.1, -0.05) is 18.2 Å². The number of carbonyl (C=O) groups is 1. The Kier molecular flexibility index (Phi) is 6.99. The van der Waals surface area contributed by atoms with Crippen LogP contribution >= 0.6 is 0 Å². The highest BCUT2D eigenvalue weighted by Gasteiger charge is 2.30. The van der Waals surface area contributed by atoms with E-state index in [-0.39, 0.29) is 22.3 Å². The maximum Gasteiger partial charge on any atom is 0.416 e. The summed E-state index contributed by atoms with van der Waals surface area (Å²) in [4.78, 5) is 16.5. The Morgan fingerprint density at radius 2 is 1.78 bits per heavy atom. The van der Waals surface area contributed by atoms with Gasteiger partial charge in [0.25, 0.3) is 0 Å². The minimum absolute atomic E-state index is 0.0588. The molecule has 2 aromatic carbocycles. The molecule has 0 saturated heterocycles. The van der Waals surface area contributed by atoms with Crippen LogP contribution in [0.4, 0.5) is 22.0 Å². The van der Waals surface area contributed by atoms with Crippen LogP contribution in [0.2, 0.25) is 0 Å². The summed E-state index contributed by atoms with van der Waals surface area (Å²) in [6.45, 7) is -0.517. The van der Waals surface area contributed by atoms with Crippen LogP contribution < -0.4 is 0 Å². The van der Waals surface area contributed by atoms with Crippen LogP contribution in [0.25, 0.3) is 6.08 Å². The van der Waals surface area contributed by atoms with Crippen molar-refractivity contribution in [1.82, 2.24) is 4.98 Å². The van der Waals surface area contributed by atoms with Gasteiger partial charge < -0.3 is 9.84 Å². The molecule has 0 aliphatic rings. The van der Waals surface area contributed by atoms with Gasteiger partial charge >= 0.3 is 12.1 Å². The first kappa shape index (κ1) is 23.1. The number of carbonyl (C=O) groups excluding carboxylic acids is 1. The van der Waals surface area contributed by atoms with Crippen LogP contribution in [-0.2, 0) is 22.3 Å². The summed E-state index contributed by atoms with van der Waals surface area (Å²) in [6, 6.07) is 9.72. The summed E-state index contributed by atoms with van der Waals surface area (Å²) in [5, 5.41) is 10.7. The number of halogens is 5. The maximum atomic E-state index is 13.6. The number of aliphatic hydroxyl groups is 1. The van der Waals surface area contributed by atoms with Crippen LogP contribution in [0.5, 0.6) is 0 Å². The molecule has 0 radical (unpaired) electrons. The molecule has 0 fully saturated rings. The molecule has 9 heteroatoms. The van der Waals surface area contributed by atoms with Crippen LogP contribution in [-0.4, -0.2) is 16.1 Å². The Bertz CT molecular complexity index is 1110. The monoisotopic (exact) mass is 449 g/mol. The maximum absolute atomic E-state index is 13.6. The molecule has 1 aromatic heterocycles. The molecule has 1 unspecified atom stereocenters. The first-order valence-corrected chi connectivity index (χ1v) is 9.22. The van der Waals surface area contributed by atoms with Gasteiger partial charge in [0.05, 0.1) is 11.1 Å². The van der Waals surface area contributed by atoms with Crippen LogP contribution in [0, 0.1) is 11.6 Å². The normalized spacial score (nSPS) is 13.0. The van der Waals surface area contributed by atoms with E-state index in [0.717, 1.165) is 30.3 Å². The second-order valence-corrected chi connectivity index (χ2v) is 6.77. The van der Waals surface area contributed by atoms with E-state index in [2.05, 4.69) is 4.98 Å². The Balaban J connectivity index is 1.89. The summed E-state index contributed by atoms with van der Waals surface area (Å²) < 4.78 is 70.8. The molecule has 0 aliphatic heterocycles. The molecule has 1 atom stereocenters. The van der Waals surface area contributed by atoms with E-state index >= 15 is 0 Å². The van der Waals surface area contributed by atoms with Crippen molar-refractivity contribution in [3.05, 3.63) is 106 Å². The van der Waals surface area contributed by atoms with Gasteiger partial charge in [-0.25, -0.2) is 13.6 Å². The fraction of sp³-hybridized carbons (Fsp3) is 0.130. The molecule has 4 nitrogen and oxygen atoms in total. The van der Waals surface area contributed by atoms with Gasteiger partial charge in [0.1, 0.15) is 24.3 Å². The number of aliphatic hydroxyl groups excluding tert-OH is 1. The number of benzene rings is 2. The molecule has 3 rings (SSSR count). The number of ether oxygens (including phenoxy) is 1. The molecular formula is C23H16F5NO3. The van der Waals surface area contributed by atoms with Gasteiger partial charge in [-0.2, -0.15) is 13.2 Å². The molecule has 166 valence electrons. The Morgan fingerprint density at radius 1 is 1.06 bits per heavy atom. The molecule has 0 amide bonds. The minimum atomic E-state index is -4.57. The van der Waals surface area contributed by atoms with Crippen molar-refractivity contribution in [3.8, 4) is 0 Å². The standard InChI is InChI=1S/C23H16F5NO3/c24-18-8-15(9-19(25)11-18)10-20(21(30)16-4-2-6-29-12-16)22(31)32-13-14-3-1-5-17(7-14)23(26,27)28/h1-12,21,30H,13H2. The number of aromatic nitrogens is 1. The summed E-state index contributed by atoms with van der Waals surface area (Å²) in [5.41, 5.74) is -1.08. The summed E-state index contributed by atoms with van der Waals surface area (Å²) in [6.07, 6.45) is -2.37. The number of nitrogens with zero attached hydrogens (tertiary/aromatic N) is 1. The summed E-state index contributed by atoms with van der Waals surface area (Å²) >= 11 is 0. The Labute approximate surface area is 179 Å². The predicted molar refractivity (Wildman–Crippen MR) is 105 cm³/mol. The zero-order valence-electron chi connectivity index (χ0n) is 16.3. The number of rotatable bonds is 6. The smallest absolute Gasteiger partial charge is 0.416 e. The van der Waals surface area contributed by atoms with Crippen LogP contribution in [0.1, 0.15) is 28.4 Å². The topological polar surface area (TPSA) is 59.4 Å². The van der Waals surface area contributed by atoms with E-state index in [4.69, 9.17) is 4.74 Å². The zero-order chi connectivity index (χ0) is 23.3. The first-order chi connectivity index (χ1) is 15.1. The lowest BCUT2D eigenvalue weighted by atomic mass is 10.0. The lowest BCUT2D eigenvalue weighted by molar-refractivity contribution is -0.141. The molecule has 0 bridgehead atoms. The minimum Gasteiger partial charge on any atom is -0.457 e. The quantitative estimate of drug-likeness (QED) is 0.318. The largest absolute Gasteiger partial charge is 0.457 e. The number of pyridine rings is 1. The fourth-order valence-electron chi connectivity index (χ4n) is 2.87. The second kappa shape index (κ2) is 9.69. The van der Waals surface area contributed by atoms with E-state index < -0.39 is 42.1 Å². The average molecular weight is 449 g/mol. The van der Waals surface area contributed by atoms with Crippen molar-refractivity contribution in [2.45, 2.75) is 18.9 Å². The first-order valence-electron chi connectivity index (χ1n) is 9.22. The third-order valence-corrected chi connectivity index (χ3v) is 4.36. The third-order valence-electron chi connectivity index (χ3n) is 4.36. The van der Waals surface area contributed by atoms with Gasteiger partial charge in [0.15, 0.2) is 0 Å². The Morgan fingerprint density at radius 3 is 2.41 bits per heavy atom. The SMILES string of the molecule is O=C(OCc1cccc(C(F)(F)F)c1)C(=Cc1cc(F)cc(F)c1)C(O)c1cccnc1. The van der Waals surface area contributed by atoms with Gasteiger partial charge in [-0.3, -0.25) is 4.98 Å². The highest BCUT2D eigenvalue weighted by Crippen LogP contribution is 2.30. The lowest BCUT2D eigenvalue weighted by Gasteiger charge is -2.15. The summed E-state index contributed by atoms with van der Waals surface area (Å²) in [7, 11) is 0. The third kappa shape index (κ3) is 5.98. The van der Waals surface area contributed by atoms with Gasteiger partial charge in [0, 0.05) is 24.0 Å². The molecule has 0 saturated carbocycles. The van der Waals surface area contributed by atoms with Crippen molar-refractivity contribution in [3.63, 3.8) is 0 Å². The molecular weight excluding hydrogens is 433 g/mol. The second-order valence-electron chi connectivity index (χ2n) is 6.77. The molecule has 0 spiro atoms. The number of esters is 1. The molecule has 1 N–H and O–H groups in total. The summed E-state index contributed by atoms with van der Waals surface area (Å²) in [5.74, 6) is -2.88. The van der Waals surface area contributed by atoms with Gasteiger partial charge in [0.2, 0.25) is 0 Å². The Hall–Kier alpha value is -3.59. The van der Waals surface area contributed by atoms with Crippen molar-refractivity contribution in [1.29, 1.82) is 0 Å². The van der Waals surface area contributed by atoms with Crippen LogP contribution in [0.15, 0.2) is 72.6 Å². The van der Waals surface area contributed by atoms with Crippen molar-refractivity contribution < 1.29 is 36.6 Å². The van der Waals surface area contributed by atoms with Crippen molar-refractivity contribution in [2.24, 2.45) is 0 Å². The molecule has 3 aromatic rings. The fourth-order valence-corrected chi connectivity index (χ4v) is 2.87. The van der Waals surface area contributed by atoms with E-state index in [1.807, 2.05) is 0 Å². The highest BCUT2D eigenvalue weighted by molar-refractivity contribution is 5.95. The molecule has 0 aliphatic carbocycles. The average Bonchev–Trinajstić information content (AvgIpc) is 2.75. The number of alkyl halides is 3. The number of hydrogen-bond donors (Lipinski definition) is 1. The highest BCUT2D eigenvalue weighted by atomic mass is 19.4. The molecule has 1 heterocycles. The zero-order valence-corrected chi connectivity index (χ0v) is 16.3.